The molecular formula is C21H24N4O2S. The molecule has 0 aliphatic carbocycles. The molecule has 0 spiro atoms. The molecule has 1 aromatic heterocycles. The molecule has 0 bridgehead atoms. The summed E-state index contributed by atoms with van der Waals surface area (Å²) in [5.41, 5.74) is 2.74. The highest BCUT2D eigenvalue weighted by Gasteiger charge is 2.17. The number of aryl methyl sites for hydroxylation is 1. The van der Waals surface area contributed by atoms with E-state index in [0.717, 1.165) is 58.5 Å². The zero-order chi connectivity index (χ0) is 19.5. The molecule has 2 heterocycles. The minimum Gasteiger partial charge on any atom is -0.483 e. The molecule has 1 N–H and O–H groups in total. The van der Waals surface area contributed by atoms with Crippen molar-refractivity contribution in [2.24, 2.45) is 0 Å². The number of para-hydroxylation sites is 1. The number of carbonyl (C=O) groups is 1. The summed E-state index contributed by atoms with van der Waals surface area (Å²) in [4.78, 5) is 21.7. The zero-order valence-corrected chi connectivity index (χ0v) is 17.0. The lowest BCUT2D eigenvalue weighted by atomic mass is 10.2. The first kappa shape index (κ1) is 18.7. The van der Waals surface area contributed by atoms with E-state index in [2.05, 4.69) is 22.2 Å². The van der Waals surface area contributed by atoms with Crippen LogP contribution in [0.4, 0.5) is 10.8 Å². The molecule has 6 nitrogen and oxygen atoms in total. The average Bonchev–Trinajstić information content (AvgIpc) is 3.11. The molecule has 1 saturated heterocycles. The van der Waals surface area contributed by atoms with E-state index in [1.807, 2.05) is 49.4 Å². The lowest BCUT2D eigenvalue weighted by Gasteiger charge is -2.31. The fraction of sp³-hybridized carbons (Fsp3) is 0.333. The summed E-state index contributed by atoms with van der Waals surface area (Å²) >= 11 is 1.67. The SMILES string of the molecule is Cc1ccccc1OCC(=O)Nc1ccc2nc(N3CCN(C)CC3)sc2c1. The average molecular weight is 397 g/mol. The minimum atomic E-state index is -0.175. The van der Waals surface area contributed by atoms with E-state index in [9.17, 15) is 4.79 Å². The van der Waals surface area contributed by atoms with Crippen LogP contribution in [0.2, 0.25) is 0 Å². The monoisotopic (exact) mass is 396 g/mol. The highest BCUT2D eigenvalue weighted by molar-refractivity contribution is 7.22. The number of nitrogens with one attached hydrogen (secondary N) is 1. The second-order valence-electron chi connectivity index (χ2n) is 7.07. The molecule has 0 unspecified atom stereocenters. The summed E-state index contributed by atoms with van der Waals surface area (Å²) in [6.45, 7) is 6.05. The molecule has 146 valence electrons. The van der Waals surface area contributed by atoms with Gasteiger partial charge in [-0.2, -0.15) is 0 Å². The van der Waals surface area contributed by atoms with Gasteiger partial charge in [0.1, 0.15) is 5.75 Å². The van der Waals surface area contributed by atoms with Gasteiger partial charge in [-0.25, -0.2) is 4.98 Å². The summed E-state index contributed by atoms with van der Waals surface area (Å²) < 4.78 is 6.69. The Labute approximate surface area is 168 Å². The van der Waals surface area contributed by atoms with Crippen LogP contribution in [0.1, 0.15) is 5.56 Å². The molecule has 7 heteroatoms. The number of rotatable bonds is 5. The van der Waals surface area contributed by atoms with Crippen LogP contribution < -0.4 is 15.0 Å². The number of benzene rings is 2. The smallest absolute Gasteiger partial charge is 0.262 e. The van der Waals surface area contributed by atoms with Crippen molar-refractivity contribution in [3.63, 3.8) is 0 Å². The number of anilines is 2. The van der Waals surface area contributed by atoms with Crippen LogP contribution in [0.15, 0.2) is 42.5 Å². The van der Waals surface area contributed by atoms with Crippen LogP contribution in [-0.4, -0.2) is 55.6 Å². The van der Waals surface area contributed by atoms with Gasteiger partial charge < -0.3 is 19.9 Å². The molecule has 1 aliphatic rings. The topological polar surface area (TPSA) is 57.7 Å². The third-order valence-corrected chi connectivity index (χ3v) is 5.97. The highest BCUT2D eigenvalue weighted by Crippen LogP contribution is 2.31. The number of amides is 1. The predicted octanol–water partition coefficient (Wildman–Crippen LogP) is 3.37. The van der Waals surface area contributed by atoms with Gasteiger partial charge in [0, 0.05) is 31.9 Å². The Morgan fingerprint density at radius 1 is 1.18 bits per heavy atom. The number of piperazine rings is 1. The van der Waals surface area contributed by atoms with Gasteiger partial charge >= 0.3 is 0 Å². The Balaban J connectivity index is 1.40. The van der Waals surface area contributed by atoms with E-state index >= 15 is 0 Å². The van der Waals surface area contributed by atoms with Gasteiger partial charge in [-0.1, -0.05) is 29.5 Å². The Morgan fingerprint density at radius 3 is 2.75 bits per heavy atom. The van der Waals surface area contributed by atoms with Crippen LogP contribution in [0.25, 0.3) is 10.2 Å². The van der Waals surface area contributed by atoms with Crippen LogP contribution in [0, 0.1) is 6.92 Å². The molecule has 0 radical (unpaired) electrons. The molecule has 0 saturated carbocycles. The van der Waals surface area contributed by atoms with E-state index in [4.69, 9.17) is 9.72 Å². The summed E-state index contributed by atoms with van der Waals surface area (Å²) in [5.74, 6) is 0.554. The first-order chi connectivity index (χ1) is 13.6. The van der Waals surface area contributed by atoms with Crippen molar-refractivity contribution < 1.29 is 9.53 Å². The maximum Gasteiger partial charge on any atom is 0.262 e. The van der Waals surface area contributed by atoms with Gasteiger partial charge in [0.15, 0.2) is 11.7 Å². The molecule has 0 atom stereocenters. The molecule has 1 amide bonds. The Kier molecular flexibility index (Phi) is 5.45. The van der Waals surface area contributed by atoms with E-state index in [1.54, 1.807) is 11.3 Å². The van der Waals surface area contributed by atoms with Crippen LogP contribution >= 0.6 is 11.3 Å². The largest absolute Gasteiger partial charge is 0.483 e. The van der Waals surface area contributed by atoms with Gasteiger partial charge in [-0.15, -0.1) is 0 Å². The van der Waals surface area contributed by atoms with Crippen LogP contribution in [-0.2, 0) is 4.79 Å². The molecule has 1 fully saturated rings. The third-order valence-electron chi connectivity index (χ3n) is 4.89. The van der Waals surface area contributed by atoms with E-state index in [-0.39, 0.29) is 12.5 Å². The fourth-order valence-corrected chi connectivity index (χ4v) is 4.24. The first-order valence-electron chi connectivity index (χ1n) is 9.41. The second-order valence-corrected chi connectivity index (χ2v) is 8.08. The number of hydrogen-bond donors (Lipinski definition) is 1. The normalized spacial score (nSPS) is 15.0. The summed E-state index contributed by atoms with van der Waals surface area (Å²) in [6.07, 6.45) is 0. The van der Waals surface area contributed by atoms with Crippen molar-refractivity contribution in [3.05, 3.63) is 48.0 Å². The number of aromatic nitrogens is 1. The molecule has 3 aromatic rings. The number of ether oxygens (including phenoxy) is 1. The number of thiazole rings is 1. The summed E-state index contributed by atoms with van der Waals surface area (Å²) in [7, 11) is 2.15. The van der Waals surface area contributed by atoms with Crippen molar-refractivity contribution in [2.75, 3.05) is 50.1 Å². The van der Waals surface area contributed by atoms with Crippen molar-refractivity contribution in [1.29, 1.82) is 0 Å². The van der Waals surface area contributed by atoms with Gasteiger partial charge in [-0.05, 0) is 43.8 Å². The number of likely N-dealkylation sites (N-methyl/N-ethyl adjacent to an activating group) is 1. The molecular weight excluding hydrogens is 372 g/mol. The fourth-order valence-electron chi connectivity index (χ4n) is 3.18. The molecule has 28 heavy (non-hydrogen) atoms. The number of carbonyl (C=O) groups excluding carboxylic acids is 1. The van der Waals surface area contributed by atoms with Crippen molar-refractivity contribution >= 4 is 38.3 Å². The summed E-state index contributed by atoms with van der Waals surface area (Å²) in [6, 6.07) is 13.5. The predicted molar refractivity (Wildman–Crippen MR) is 115 cm³/mol. The Bertz CT molecular complexity index is 979. The van der Waals surface area contributed by atoms with Crippen LogP contribution in [0.5, 0.6) is 5.75 Å². The van der Waals surface area contributed by atoms with E-state index in [1.165, 1.54) is 0 Å². The van der Waals surface area contributed by atoms with Crippen LogP contribution in [0.3, 0.4) is 0 Å². The Morgan fingerprint density at radius 2 is 1.96 bits per heavy atom. The molecule has 2 aromatic carbocycles. The van der Waals surface area contributed by atoms with E-state index in [0.29, 0.717) is 0 Å². The van der Waals surface area contributed by atoms with Crippen molar-refractivity contribution in [3.8, 4) is 5.75 Å². The van der Waals surface area contributed by atoms with Crippen molar-refractivity contribution in [2.45, 2.75) is 6.92 Å². The zero-order valence-electron chi connectivity index (χ0n) is 16.1. The number of fused-ring (bicyclic) bond motifs is 1. The summed E-state index contributed by atoms with van der Waals surface area (Å²) in [5, 5.41) is 3.96. The Hall–Kier alpha value is -2.64. The second kappa shape index (κ2) is 8.16. The van der Waals surface area contributed by atoms with Gasteiger partial charge in [-0.3, -0.25) is 4.79 Å². The minimum absolute atomic E-state index is 0.0157. The molecule has 1 aliphatic heterocycles. The lowest BCUT2D eigenvalue weighted by Crippen LogP contribution is -2.44. The highest BCUT2D eigenvalue weighted by atomic mass is 32.1. The number of nitrogens with zero attached hydrogens (tertiary/aromatic N) is 3. The van der Waals surface area contributed by atoms with Gasteiger partial charge in [0.2, 0.25) is 0 Å². The van der Waals surface area contributed by atoms with Gasteiger partial charge in [0.05, 0.1) is 10.2 Å². The van der Waals surface area contributed by atoms with E-state index < -0.39 is 0 Å². The third kappa shape index (κ3) is 4.26. The molecule has 4 rings (SSSR count). The first-order valence-corrected chi connectivity index (χ1v) is 10.2. The standard InChI is InChI=1S/C21H24N4O2S/c1-15-5-3-4-6-18(15)27-14-20(26)22-16-7-8-17-19(13-16)28-21(23-17)25-11-9-24(2)10-12-25/h3-8,13H,9-12,14H2,1-2H3,(H,22,26). The lowest BCUT2D eigenvalue weighted by molar-refractivity contribution is -0.118. The maximum atomic E-state index is 12.3. The van der Waals surface area contributed by atoms with Gasteiger partial charge in [0.25, 0.3) is 5.91 Å². The maximum absolute atomic E-state index is 12.3. The quantitative estimate of drug-likeness (QED) is 0.717. The number of hydrogen-bond acceptors (Lipinski definition) is 6. The van der Waals surface area contributed by atoms with Crippen molar-refractivity contribution in [1.82, 2.24) is 9.88 Å².